The van der Waals surface area contributed by atoms with Crippen LogP contribution in [0.15, 0.2) is 238 Å². The third-order valence-electron chi connectivity index (χ3n) is 15.4. The van der Waals surface area contributed by atoms with Gasteiger partial charge >= 0.3 is 40.5 Å². The van der Waals surface area contributed by atoms with Gasteiger partial charge < -0.3 is 26.7 Å². The van der Waals surface area contributed by atoms with Crippen LogP contribution in [0, 0.1) is 27.7 Å². The average Bonchev–Trinajstić information content (AvgIpc) is 1.67. The number of rotatable bonds is 16. The van der Waals surface area contributed by atoms with Crippen molar-refractivity contribution in [3.05, 3.63) is 263 Å². The van der Waals surface area contributed by atoms with Crippen LogP contribution in [-0.4, -0.2) is 53.6 Å². The molecule has 0 unspecified atom stereocenters. The molecule has 2 aliphatic heterocycles. The molecule has 11 aromatic rings. The van der Waals surface area contributed by atoms with Crippen LogP contribution in [0.3, 0.4) is 0 Å². The van der Waals surface area contributed by atoms with Crippen LogP contribution >= 0.6 is 0 Å². The summed E-state index contributed by atoms with van der Waals surface area (Å²) >= 11 is 0. The van der Waals surface area contributed by atoms with Crippen molar-refractivity contribution in [1.29, 1.82) is 0 Å². The van der Waals surface area contributed by atoms with Crippen LogP contribution in [0.5, 0.6) is 23.0 Å². The molecule has 2 aliphatic rings. The Bertz CT molecular complexity index is 4750. The van der Waals surface area contributed by atoms with Crippen molar-refractivity contribution in [3.8, 4) is 67.5 Å². The molecular weight excluding hydrogens is 1240 g/mol. The number of aromatic nitrogens is 4. The zero-order valence-corrected chi connectivity index (χ0v) is 52.8. The summed E-state index contributed by atoms with van der Waals surface area (Å²) in [5.74, 6) is 0.289. The molecular formula is C72H54N4O12S4. The van der Waals surface area contributed by atoms with E-state index in [1.54, 1.807) is 146 Å². The van der Waals surface area contributed by atoms with Crippen molar-refractivity contribution < 1.29 is 50.4 Å². The predicted octanol–water partition coefficient (Wildman–Crippen LogP) is 15.6. The molecule has 0 aliphatic carbocycles. The molecule has 8 bridgehead atoms. The Morgan fingerprint density at radius 2 is 0.435 bits per heavy atom. The van der Waals surface area contributed by atoms with Gasteiger partial charge in [0, 0.05) is 44.3 Å². The summed E-state index contributed by atoms with van der Waals surface area (Å²) in [6.07, 6.45) is 7.46. The second-order valence-electron chi connectivity index (χ2n) is 22.0. The second kappa shape index (κ2) is 24.0. The molecule has 0 amide bonds. The lowest BCUT2D eigenvalue weighted by molar-refractivity contribution is 0.484. The van der Waals surface area contributed by atoms with Crippen molar-refractivity contribution in [2.75, 3.05) is 0 Å². The molecule has 16 nitrogen and oxygen atoms in total. The van der Waals surface area contributed by atoms with Gasteiger partial charge in [0.05, 0.1) is 22.8 Å². The third kappa shape index (κ3) is 12.5. The summed E-state index contributed by atoms with van der Waals surface area (Å²) in [7, 11) is -16.8. The Morgan fingerprint density at radius 1 is 0.250 bits per heavy atom. The monoisotopic (exact) mass is 1290 g/mol. The Labute approximate surface area is 532 Å². The first-order valence-corrected chi connectivity index (χ1v) is 34.4. The van der Waals surface area contributed by atoms with Gasteiger partial charge in [-0.3, -0.25) is 0 Å². The highest BCUT2D eigenvalue weighted by Gasteiger charge is 2.24. The van der Waals surface area contributed by atoms with Crippen molar-refractivity contribution in [2.24, 2.45) is 0 Å². The minimum Gasteiger partial charge on any atom is -0.379 e. The summed E-state index contributed by atoms with van der Waals surface area (Å²) in [6.45, 7) is 7.43. The minimum atomic E-state index is -4.21. The first kappa shape index (κ1) is 60.3. The number of nitrogens with zero attached hydrogens (tertiary/aromatic N) is 2. The van der Waals surface area contributed by atoms with Gasteiger partial charge in [0.15, 0.2) is 0 Å². The summed E-state index contributed by atoms with van der Waals surface area (Å²) in [5.41, 5.74) is 12.8. The molecule has 0 fully saturated rings. The molecule has 0 spiro atoms. The molecule has 20 heteroatoms. The van der Waals surface area contributed by atoms with Crippen LogP contribution in [0.4, 0.5) is 0 Å². The highest BCUT2D eigenvalue weighted by atomic mass is 32.2. The van der Waals surface area contributed by atoms with Gasteiger partial charge in [-0.05, 0) is 196 Å². The fraction of sp³-hybridized carbons (Fsp3) is 0.0556. The number of H-pyrrole nitrogens is 2. The molecule has 0 saturated heterocycles. The lowest BCUT2D eigenvalue weighted by atomic mass is 10.0. The Hall–Kier alpha value is -10.6. The van der Waals surface area contributed by atoms with Gasteiger partial charge in [0.25, 0.3) is 0 Å². The van der Waals surface area contributed by atoms with Gasteiger partial charge in [-0.15, -0.1) is 0 Å². The van der Waals surface area contributed by atoms with E-state index in [9.17, 15) is 33.7 Å². The van der Waals surface area contributed by atoms with E-state index in [2.05, 4.69) is 9.97 Å². The highest BCUT2D eigenvalue weighted by molar-refractivity contribution is 7.88. The molecule has 458 valence electrons. The van der Waals surface area contributed by atoms with Gasteiger partial charge in [0.2, 0.25) is 0 Å². The topological polar surface area (TPSA) is 231 Å². The average molecular weight is 1300 g/mol. The predicted molar refractivity (Wildman–Crippen MR) is 357 cm³/mol. The maximum absolute atomic E-state index is 13.5. The fourth-order valence-corrected chi connectivity index (χ4v) is 14.4. The molecule has 0 atom stereocenters. The molecule has 0 radical (unpaired) electrons. The molecule has 92 heavy (non-hydrogen) atoms. The number of nitrogens with one attached hydrogen (secondary N) is 2. The Morgan fingerprint density at radius 3 is 0.620 bits per heavy atom. The molecule has 13 rings (SSSR count). The van der Waals surface area contributed by atoms with Crippen LogP contribution in [0.25, 0.3) is 90.9 Å². The van der Waals surface area contributed by atoms with Crippen LogP contribution in [0.2, 0.25) is 0 Å². The smallest absolute Gasteiger partial charge is 0.339 e. The van der Waals surface area contributed by atoms with Gasteiger partial charge in [-0.1, -0.05) is 119 Å². The van der Waals surface area contributed by atoms with E-state index in [0.717, 1.165) is 22.3 Å². The van der Waals surface area contributed by atoms with E-state index in [1.165, 1.54) is 48.5 Å². The second-order valence-corrected chi connectivity index (χ2v) is 28.2. The first-order chi connectivity index (χ1) is 44.1. The van der Waals surface area contributed by atoms with Crippen LogP contribution in [0.1, 0.15) is 45.0 Å². The quantitative estimate of drug-likeness (QED) is 0.0857. The van der Waals surface area contributed by atoms with E-state index < -0.39 is 40.5 Å². The molecule has 5 heterocycles. The normalized spacial score (nSPS) is 12.4. The largest absolute Gasteiger partial charge is 0.379 e. The number of hydrogen-bond acceptors (Lipinski definition) is 14. The third-order valence-corrected chi connectivity index (χ3v) is 20.4. The molecule has 0 saturated carbocycles. The van der Waals surface area contributed by atoms with E-state index >= 15 is 0 Å². The van der Waals surface area contributed by atoms with E-state index in [-0.39, 0.29) is 42.6 Å². The SMILES string of the molecule is Cc1ccc(S(=O)(=O)Oc2ccc(-c3c4nc(c(-c5ccc(OS(=O)(=O)c6ccc(C)cc6)cc5)c5ccc([nH]5)c(-c5ccc(OS(=O)(=O)c6ccc(C)cc6)cc5)c5nc(c(-c6ccc(OS(=O)(=O)c7ccc(C)cc7)cc6)c6ccc3[nH]6)C=C5)C=C4)cc2)cc1. The first-order valence-electron chi connectivity index (χ1n) is 28.7. The van der Waals surface area contributed by atoms with Crippen molar-refractivity contribution in [1.82, 2.24) is 19.9 Å². The van der Waals surface area contributed by atoms with Crippen molar-refractivity contribution >= 4 is 86.8 Å². The van der Waals surface area contributed by atoms with Crippen LogP contribution in [-0.2, 0) is 40.5 Å². The zero-order valence-electron chi connectivity index (χ0n) is 49.5. The minimum absolute atomic E-state index is 0.00210. The highest BCUT2D eigenvalue weighted by Crippen LogP contribution is 2.41. The summed E-state index contributed by atoms with van der Waals surface area (Å²) in [6, 6.07) is 59.5. The van der Waals surface area contributed by atoms with Gasteiger partial charge in [-0.25, -0.2) is 9.97 Å². The standard InChI is InChI=1S/C72H54N4O12S4/c1-45-5-29-57(30-6-45)89(77,78)85-53-21-13-49(14-22-53)69-61-37-39-63(73-61)70(50-15-23-54(24-16-50)86-90(79,80)58-31-7-46(2)8-32-58)65-41-43-67(75-65)72(52-19-27-56(28-20-52)88-92(83,84)60-35-11-48(4)12-36-60)68-44-42-66(76-68)71(64-40-38-62(69)74-64)51-17-25-55(26-18-51)87-91(81,82)59-33-9-47(3)10-34-59/h5-44,73,76H,1-4H3. The zero-order chi connectivity index (χ0) is 64.1. The van der Waals surface area contributed by atoms with E-state index in [0.29, 0.717) is 89.4 Å². The number of hydrogen-bond donors (Lipinski definition) is 2. The summed E-state index contributed by atoms with van der Waals surface area (Å²) < 4.78 is 131. The van der Waals surface area contributed by atoms with E-state index in [1.807, 2.05) is 76.3 Å². The Kier molecular flexibility index (Phi) is 15.7. The van der Waals surface area contributed by atoms with Crippen molar-refractivity contribution in [2.45, 2.75) is 47.3 Å². The number of aryl methyl sites for hydroxylation is 4. The fourth-order valence-electron chi connectivity index (χ4n) is 10.6. The molecule has 3 aromatic heterocycles. The number of fused-ring (bicyclic) bond motifs is 8. The van der Waals surface area contributed by atoms with Gasteiger partial charge in [0.1, 0.15) is 42.6 Å². The van der Waals surface area contributed by atoms with Gasteiger partial charge in [-0.2, -0.15) is 33.7 Å². The van der Waals surface area contributed by atoms with Crippen molar-refractivity contribution in [3.63, 3.8) is 0 Å². The summed E-state index contributed by atoms with van der Waals surface area (Å²) in [5, 5.41) is 0. The summed E-state index contributed by atoms with van der Waals surface area (Å²) in [4.78, 5) is 18.0. The maximum Gasteiger partial charge on any atom is 0.339 e. The number of benzene rings is 8. The van der Waals surface area contributed by atoms with Crippen LogP contribution < -0.4 is 16.7 Å². The Balaban J connectivity index is 1.01. The maximum atomic E-state index is 13.5. The lowest BCUT2D eigenvalue weighted by Crippen LogP contribution is -2.09. The molecule has 2 N–H and O–H groups in total. The lowest BCUT2D eigenvalue weighted by Gasteiger charge is -2.10. The number of aromatic amines is 2. The van der Waals surface area contributed by atoms with E-state index in [4.69, 9.17) is 26.7 Å². The molecule has 8 aromatic carbocycles.